The number of methoxy groups -OCH3 is 1. The first-order valence-electron chi connectivity index (χ1n) is 7.34. The molecule has 0 aliphatic carbocycles. The highest BCUT2D eigenvalue weighted by molar-refractivity contribution is 6.04. The number of aromatic nitrogens is 1. The summed E-state index contributed by atoms with van der Waals surface area (Å²) in [6.45, 7) is 6.47. The molecule has 2 aromatic heterocycles. The van der Waals surface area contributed by atoms with E-state index >= 15 is 0 Å². The minimum absolute atomic E-state index is 0.0595. The number of aryl methyl sites for hydroxylation is 2. The number of esters is 2. The topological polar surface area (TPSA) is 98.6 Å². The molecular weight excluding hydrogens is 314 g/mol. The van der Waals surface area contributed by atoms with Gasteiger partial charge < -0.3 is 18.9 Å². The Kier molecular flexibility index (Phi) is 4.92. The van der Waals surface area contributed by atoms with E-state index in [0.717, 1.165) is 0 Å². The van der Waals surface area contributed by atoms with Gasteiger partial charge in [-0.05, 0) is 39.3 Å². The molecule has 0 saturated carbocycles. The first-order chi connectivity index (χ1) is 11.3. The second-order valence-electron chi connectivity index (χ2n) is 5.46. The molecule has 0 radical (unpaired) electrons. The smallest absolute Gasteiger partial charge is 0.375 e. The second-order valence-corrected chi connectivity index (χ2v) is 5.46. The van der Waals surface area contributed by atoms with Crippen molar-refractivity contribution in [2.24, 2.45) is 0 Å². The highest BCUT2D eigenvalue weighted by atomic mass is 16.6. The molecule has 24 heavy (non-hydrogen) atoms. The molecule has 0 amide bonds. The highest BCUT2D eigenvalue weighted by Crippen LogP contribution is 2.21. The summed E-state index contributed by atoms with van der Waals surface area (Å²) in [6.07, 6.45) is 0.337. The number of nitrogens with one attached hydrogen (secondary N) is 1. The van der Waals surface area contributed by atoms with Crippen LogP contribution in [-0.4, -0.2) is 35.9 Å². The molecule has 1 atom stereocenters. The van der Waals surface area contributed by atoms with Crippen LogP contribution in [-0.2, 0) is 9.47 Å². The van der Waals surface area contributed by atoms with E-state index in [2.05, 4.69) is 4.98 Å². The van der Waals surface area contributed by atoms with Crippen molar-refractivity contribution in [3.8, 4) is 0 Å². The van der Waals surface area contributed by atoms with Gasteiger partial charge in [0.05, 0.1) is 24.6 Å². The molecule has 0 saturated heterocycles. The molecule has 0 aromatic carbocycles. The Morgan fingerprint density at radius 3 is 2.38 bits per heavy atom. The summed E-state index contributed by atoms with van der Waals surface area (Å²) in [6, 6.07) is 1.63. The molecule has 1 N–H and O–H groups in total. The highest BCUT2D eigenvalue weighted by Gasteiger charge is 2.28. The van der Waals surface area contributed by atoms with Gasteiger partial charge in [-0.2, -0.15) is 0 Å². The Morgan fingerprint density at radius 2 is 1.83 bits per heavy atom. The molecule has 0 spiro atoms. The van der Waals surface area contributed by atoms with Crippen LogP contribution in [0.25, 0.3) is 0 Å². The van der Waals surface area contributed by atoms with Gasteiger partial charge >= 0.3 is 11.9 Å². The fourth-order valence-electron chi connectivity index (χ4n) is 2.46. The van der Waals surface area contributed by atoms with Gasteiger partial charge in [0.2, 0.25) is 11.5 Å². The average molecular weight is 333 g/mol. The van der Waals surface area contributed by atoms with Gasteiger partial charge in [-0.1, -0.05) is 0 Å². The van der Waals surface area contributed by atoms with Crippen molar-refractivity contribution in [1.82, 2.24) is 4.98 Å². The van der Waals surface area contributed by atoms with Crippen LogP contribution in [0.2, 0.25) is 0 Å². The van der Waals surface area contributed by atoms with Crippen LogP contribution in [0.15, 0.2) is 16.7 Å². The Bertz CT molecular complexity index is 798. The number of carbonyl (C=O) groups is 3. The number of hydrogen-bond donors (Lipinski definition) is 1. The fourth-order valence-corrected chi connectivity index (χ4v) is 2.46. The van der Waals surface area contributed by atoms with Crippen LogP contribution in [0.1, 0.15) is 55.1 Å². The molecule has 7 nitrogen and oxygen atoms in total. The van der Waals surface area contributed by atoms with E-state index in [1.54, 1.807) is 26.8 Å². The number of ketones is 1. The molecule has 0 bridgehead atoms. The third-order valence-corrected chi connectivity index (χ3v) is 3.77. The number of carbonyl (C=O) groups excluding carboxylic acids is 3. The molecule has 128 valence electrons. The zero-order valence-electron chi connectivity index (χ0n) is 14.2. The van der Waals surface area contributed by atoms with Crippen LogP contribution < -0.4 is 0 Å². The Hall–Kier alpha value is -2.83. The van der Waals surface area contributed by atoms with Crippen molar-refractivity contribution in [2.45, 2.75) is 33.8 Å². The van der Waals surface area contributed by atoms with E-state index in [-0.39, 0.29) is 11.5 Å². The Labute approximate surface area is 138 Å². The number of ether oxygens (including phenoxy) is 2. The lowest BCUT2D eigenvalue weighted by atomic mass is 10.1. The van der Waals surface area contributed by atoms with Gasteiger partial charge in [0.25, 0.3) is 0 Å². The minimum atomic E-state index is -1.04. The van der Waals surface area contributed by atoms with Gasteiger partial charge in [0, 0.05) is 11.3 Å². The lowest BCUT2D eigenvalue weighted by molar-refractivity contribution is 0.0286. The standard InChI is InChI=1S/C17H19NO6/c1-8-6-7-23-15(8)17(21)24-11(4)14(19)13-9(2)12(10(3)18-13)16(20)22-5/h6-7,11,18H,1-5H3/t11-/m1/s1. The monoisotopic (exact) mass is 333 g/mol. The van der Waals surface area contributed by atoms with E-state index in [1.165, 1.54) is 20.3 Å². The maximum atomic E-state index is 12.5. The summed E-state index contributed by atoms with van der Waals surface area (Å²) >= 11 is 0. The molecule has 2 heterocycles. The third-order valence-electron chi connectivity index (χ3n) is 3.77. The molecular formula is C17H19NO6. The Morgan fingerprint density at radius 1 is 1.17 bits per heavy atom. The van der Waals surface area contributed by atoms with Crippen molar-refractivity contribution in [2.75, 3.05) is 7.11 Å². The fraction of sp³-hybridized carbons (Fsp3) is 0.353. The summed E-state index contributed by atoms with van der Waals surface area (Å²) in [5, 5.41) is 0. The summed E-state index contributed by atoms with van der Waals surface area (Å²) in [7, 11) is 1.27. The molecule has 0 unspecified atom stereocenters. The third kappa shape index (κ3) is 3.10. The summed E-state index contributed by atoms with van der Waals surface area (Å²) in [5.74, 6) is -1.63. The van der Waals surface area contributed by atoms with E-state index in [0.29, 0.717) is 22.4 Å². The van der Waals surface area contributed by atoms with Gasteiger partial charge in [0.15, 0.2) is 6.10 Å². The predicted molar refractivity (Wildman–Crippen MR) is 84.3 cm³/mol. The molecule has 2 rings (SSSR count). The maximum absolute atomic E-state index is 12.5. The maximum Gasteiger partial charge on any atom is 0.375 e. The zero-order chi connectivity index (χ0) is 18.0. The van der Waals surface area contributed by atoms with Crippen LogP contribution in [0.5, 0.6) is 0 Å². The largest absolute Gasteiger partial charge is 0.465 e. The zero-order valence-corrected chi connectivity index (χ0v) is 14.2. The molecule has 0 aliphatic heterocycles. The van der Waals surface area contributed by atoms with Crippen LogP contribution in [0, 0.1) is 20.8 Å². The first-order valence-corrected chi connectivity index (χ1v) is 7.34. The number of aromatic amines is 1. The average Bonchev–Trinajstić information content (AvgIpc) is 3.09. The number of hydrogen-bond acceptors (Lipinski definition) is 6. The van der Waals surface area contributed by atoms with E-state index in [9.17, 15) is 14.4 Å². The number of furan rings is 1. The number of H-pyrrole nitrogens is 1. The Balaban J connectivity index is 2.21. The summed E-state index contributed by atoms with van der Waals surface area (Å²) in [5.41, 5.74) is 2.12. The molecule has 7 heteroatoms. The van der Waals surface area contributed by atoms with Crippen LogP contribution in [0.4, 0.5) is 0 Å². The first kappa shape index (κ1) is 17.5. The van der Waals surface area contributed by atoms with Crippen LogP contribution >= 0.6 is 0 Å². The van der Waals surface area contributed by atoms with E-state index < -0.39 is 23.8 Å². The SMILES string of the molecule is COC(=O)c1c(C)[nH]c(C(=O)[C@@H](C)OC(=O)c2occc2C)c1C. The molecule has 0 aliphatic rings. The van der Waals surface area contributed by atoms with Gasteiger partial charge in [0.1, 0.15) is 0 Å². The normalized spacial score (nSPS) is 11.9. The van der Waals surface area contributed by atoms with Gasteiger partial charge in [-0.25, -0.2) is 9.59 Å². The molecule has 2 aromatic rings. The lowest BCUT2D eigenvalue weighted by Gasteiger charge is -2.11. The van der Waals surface area contributed by atoms with Gasteiger partial charge in [-0.15, -0.1) is 0 Å². The van der Waals surface area contributed by atoms with Crippen molar-refractivity contribution < 1.29 is 28.3 Å². The number of Topliss-reactive ketones (excluding diaryl/α,β-unsaturated/α-hetero) is 1. The minimum Gasteiger partial charge on any atom is -0.465 e. The molecule has 0 fully saturated rings. The predicted octanol–water partition coefficient (Wildman–Crippen LogP) is 2.75. The van der Waals surface area contributed by atoms with E-state index in [4.69, 9.17) is 13.9 Å². The van der Waals surface area contributed by atoms with Crippen molar-refractivity contribution in [1.29, 1.82) is 0 Å². The second kappa shape index (κ2) is 6.74. The summed E-state index contributed by atoms with van der Waals surface area (Å²) in [4.78, 5) is 39.2. The van der Waals surface area contributed by atoms with Crippen molar-refractivity contribution in [3.05, 3.63) is 46.2 Å². The van der Waals surface area contributed by atoms with Crippen LogP contribution in [0.3, 0.4) is 0 Å². The quantitative estimate of drug-likeness (QED) is 0.667. The van der Waals surface area contributed by atoms with Crippen molar-refractivity contribution in [3.63, 3.8) is 0 Å². The number of rotatable bonds is 5. The van der Waals surface area contributed by atoms with Gasteiger partial charge in [-0.3, -0.25) is 4.79 Å². The lowest BCUT2D eigenvalue weighted by Crippen LogP contribution is -2.25. The summed E-state index contributed by atoms with van der Waals surface area (Å²) < 4.78 is 14.9. The van der Waals surface area contributed by atoms with E-state index in [1.807, 2.05) is 0 Å². The van der Waals surface area contributed by atoms with Crippen molar-refractivity contribution >= 4 is 17.7 Å².